The molecule has 0 atom stereocenters. The van der Waals surface area contributed by atoms with Gasteiger partial charge in [-0.25, -0.2) is 4.79 Å². The number of furan rings is 1. The maximum absolute atomic E-state index is 10.8. The van der Waals surface area contributed by atoms with Crippen LogP contribution in [0.25, 0.3) is 0 Å². The number of carboxylic acids is 1. The summed E-state index contributed by atoms with van der Waals surface area (Å²) < 4.78 is 5.26. The Morgan fingerprint density at radius 1 is 1.47 bits per heavy atom. The summed E-state index contributed by atoms with van der Waals surface area (Å²) in [6.07, 6.45) is 2.31. The fourth-order valence-electron chi connectivity index (χ4n) is 1.82. The molecular formula is C13H21NO3. The standard InChI is InChI=1S/C13H21NO3/c1-4-10(5-2)7-14-8-11-6-9(3)12(17-11)13(15)16/h6,10,14H,4-5,7-8H2,1-3H3,(H,15,16). The summed E-state index contributed by atoms with van der Waals surface area (Å²) in [4.78, 5) is 10.8. The van der Waals surface area contributed by atoms with Gasteiger partial charge in [-0.3, -0.25) is 0 Å². The largest absolute Gasteiger partial charge is 0.475 e. The van der Waals surface area contributed by atoms with Gasteiger partial charge in [0.25, 0.3) is 0 Å². The summed E-state index contributed by atoms with van der Waals surface area (Å²) in [5, 5.41) is 12.2. The van der Waals surface area contributed by atoms with Gasteiger partial charge in [-0.15, -0.1) is 0 Å². The van der Waals surface area contributed by atoms with Gasteiger partial charge in [-0.05, 0) is 25.5 Å². The van der Waals surface area contributed by atoms with Crippen molar-refractivity contribution in [1.82, 2.24) is 5.32 Å². The first-order chi connectivity index (χ1) is 8.08. The first-order valence-electron chi connectivity index (χ1n) is 6.11. The number of hydrogen-bond acceptors (Lipinski definition) is 3. The third-order valence-electron chi connectivity index (χ3n) is 3.05. The lowest BCUT2D eigenvalue weighted by Gasteiger charge is -2.12. The minimum Gasteiger partial charge on any atom is -0.475 e. The summed E-state index contributed by atoms with van der Waals surface area (Å²) in [5.41, 5.74) is 0.678. The Balaban J connectivity index is 2.47. The molecule has 1 aromatic heterocycles. The summed E-state index contributed by atoms with van der Waals surface area (Å²) >= 11 is 0. The average Bonchev–Trinajstić information content (AvgIpc) is 2.66. The van der Waals surface area contributed by atoms with Crippen molar-refractivity contribution in [3.63, 3.8) is 0 Å². The SMILES string of the molecule is CCC(CC)CNCc1cc(C)c(C(=O)O)o1. The van der Waals surface area contributed by atoms with Crippen LogP contribution in [0.1, 0.15) is 48.6 Å². The lowest BCUT2D eigenvalue weighted by atomic mass is 10.0. The molecule has 0 aliphatic heterocycles. The van der Waals surface area contributed by atoms with Crippen LogP contribution in [-0.2, 0) is 6.54 Å². The van der Waals surface area contributed by atoms with Crippen LogP contribution >= 0.6 is 0 Å². The molecule has 1 heterocycles. The molecule has 4 heteroatoms. The zero-order valence-corrected chi connectivity index (χ0v) is 10.7. The highest BCUT2D eigenvalue weighted by Gasteiger charge is 2.14. The topological polar surface area (TPSA) is 62.5 Å². The predicted octanol–water partition coefficient (Wildman–Crippen LogP) is 2.81. The van der Waals surface area contributed by atoms with Crippen molar-refractivity contribution in [3.05, 3.63) is 23.2 Å². The van der Waals surface area contributed by atoms with Crippen LogP contribution in [0, 0.1) is 12.8 Å². The molecule has 2 N–H and O–H groups in total. The number of carbonyl (C=O) groups is 1. The summed E-state index contributed by atoms with van der Waals surface area (Å²) in [6.45, 7) is 7.63. The van der Waals surface area contributed by atoms with E-state index in [0.717, 1.165) is 19.4 Å². The van der Waals surface area contributed by atoms with Crippen molar-refractivity contribution < 1.29 is 14.3 Å². The van der Waals surface area contributed by atoms with E-state index in [4.69, 9.17) is 9.52 Å². The number of hydrogen-bond donors (Lipinski definition) is 2. The van der Waals surface area contributed by atoms with Crippen LogP contribution in [0.4, 0.5) is 0 Å². The summed E-state index contributed by atoms with van der Waals surface area (Å²) in [5.74, 6) is 0.397. The molecule has 0 saturated heterocycles. The fourth-order valence-corrected chi connectivity index (χ4v) is 1.82. The van der Waals surface area contributed by atoms with Gasteiger partial charge in [-0.2, -0.15) is 0 Å². The molecule has 4 nitrogen and oxygen atoms in total. The molecule has 0 aliphatic rings. The van der Waals surface area contributed by atoms with E-state index in [1.54, 1.807) is 13.0 Å². The number of aryl methyl sites for hydroxylation is 1. The smallest absolute Gasteiger partial charge is 0.372 e. The molecule has 0 saturated carbocycles. The molecule has 0 aromatic carbocycles. The maximum Gasteiger partial charge on any atom is 0.372 e. The maximum atomic E-state index is 10.8. The van der Waals surface area contributed by atoms with E-state index < -0.39 is 5.97 Å². The molecule has 1 aromatic rings. The molecule has 0 amide bonds. The van der Waals surface area contributed by atoms with E-state index in [1.807, 2.05) is 0 Å². The molecule has 0 unspecified atom stereocenters. The van der Waals surface area contributed by atoms with Crippen molar-refractivity contribution in [3.8, 4) is 0 Å². The van der Waals surface area contributed by atoms with Gasteiger partial charge in [0, 0.05) is 5.56 Å². The van der Waals surface area contributed by atoms with Crippen molar-refractivity contribution in [2.75, 3.05) is 6.54 Å². The van der Waals surface area contributed by atoms with Crippen LogP contribution in [0.15, 0.2) is 10.5 Å². The zero-order chi connectivity index (χ0) is 12.8. The van der Waals surface area contributed by atoms with E-state index >= 15 is 0 Å². The van der Waals surface area contributed by atoms with Crippen molar-refractivity contribution >= 4 is 5.97 Å². The minimum absolute atomic E-state index is 0.0457. The van der Waals surface area contributed by atoms with Crippen molar-refractivity contribution in [2.45, 2.75) is 40.2 Å². The van der Waals surface area contributed by atoms with E-state index in [9.17, 15) is 4.79 Å². The van der Waals surface area contributed by atoms with Crippen LogP contribution < -0.4 is 5.32 Å². The van der Waals surface area contributed by atoms with Crippen LogP contribution in [0.3, 0.4) is 0 Å². The Labute approximate surface area is 102 Å². The lowest BCUT2D eigenvalue weighted by molar-refractivity contribution is 0.0659. The molecule has 0 bridgehead atoms. The quantitative estimate of drug-likeness (QED) is 0.768. The van der Waals surface area contributed by atoms with Gasteiger partial charge >= 0.3 is 5.97 Å². The average molecular weight is 239 g/mol. The minimum atomic E-state index is -1.01. The first kappa shape index (κ1) is 13.8. The summed E-state index contributed by atoms with van der Waals surface area (Å²) in [7, 11) is 0. The fraction of sp³-hybridized carbons (Fsp3) is 0.615. The third kappa shape index (κ3) is 3.89. The number of rotatable bonds is 7. The van der Waals surface area contributed by atoms with E-state index in [2.05, 4.69) is 19.2 Å². The van der Waals surface area contributed by atoms with Crippen LogP contribution in [0.5, 0.6) is 0 Å². The number of nitrogens with one attached hydrogen (secondary N) is 1. The molecule has 0 spiro atoms. The molecule has 0 radical (unpaired) electrons. The zero-order valence-electron chi connectivity index (χ0n) is 10.7. The van der Waals surface area contributed by atoms with Crippen LogP contribution in [-0.4, -0.2) is 17.6 Å². The van der Waals surface area contributed by atoms with Gasteiger partial charge in [0.15, 0.2) is 0 Å². The highest BCUT2D eigenvalue weighted by Crippen LogP contribution is 2.14. The second-order valence-electron chi connectivity index (χ2n) is 4.34. The Kier molecular flexibility index (Phi) is 5.22. The molecule has 1 rings (SSSR count). The normalized spacial score (nSPS) is 11.1. The Bertz CT molecular complexity index is 367. The Morgan fingerprint density at radius 2 is 2.12 bits per heavy atom. The van der Waals surface area contributed by atoms with Crippen LogP contribution in [0.2, 0.25) is 0 Å². The second kappa shape index (κ2) is 6.45. The molecule has 0 fully saturated rings. The third-order valence-corrected chi connectivity index (χ3v) is 3.05. The summed E-state index contributed by atoms with van der Waals surface area (Å²) in [6, 6.07) is 1.78. The molecule has 0 aliphatic carbocycles. The van der Waals surface area contributed by atoms with Crippen molar-refractivity contribution in [1.29, 1.82) is 0 Å². The highest BCUT2D eigenvalue weighted by atomic mass is 16.4. The molecule has 96 valence electrons. The van der Waals surface area contributed by atoms with Gasteiger partial charge in [0.2, 0.25) is 5.76 Å². The lowest BCUT2D eigenvalue weighted by Crippen LogP contribution is -2.21. The molecular weight excluding hydrogens is 218 g/mol. The van der Waals surface area contributed by atoms with E-state index in [1.165, 1.54) is 0 Å². The predicted molar refractivity (Wildman–Crippen MR) is 66.2 cm³/mol. The van der Waals surface area contributed by atoms with Crippen molar-refractivity contribution in [2.24, 2.45) is 5.92 Å². The Morgan fingerprint density at radius 3 is 2.59 bits per heavy atom. The second-order valence-corrected chi connectivity index (χ2v) is 4.34. The van der Waals surface area contributed by atoms with Gasteiger partial charge < -0.3 is 14.8 Å². The first-order valence-corrected chi connectivity index (χ1v) is 6.11. The van der Waals surface area contributed by atoms with Gasteiger partial charge in [-0.1, -0.05) is 26.7 Å². The van der Waals surface area contributed by atoms with Gasteiger partial charge in [0.1, 0.15) is 5.76 Å². The Hall–Kier alpha value is -1.29. The van der Waals surface area contributed by atoms with Gasteiger partial charge in [0.05, 0.1) is 6.54 Å². The van der Waals surface area contributed by atoms with E-state index in [-0.39, 0.29) is 5.76 Å². The molecule has 17 heavy (non-hydrogen) atoms. The monoisotopic (exact) mass is 239 g/mol. The number of carboxylic acid groups (broad SMARTS) is 1. The van der Waals surface area contributed by atoms with E-state index in [0.29, 0.717) is 23.8 Å². The highest BCUT2D eigenvalue weighted by molar-refractivity contribution is 5.86. The number of aromatic carboxylic acids is 1.